The lowest BCUT2D eigenvalue weighted by Gasteiger charge is -1.96. The average molecular weight is 543 g/mol. The van der Waals surface area contributed by atoms with Crippen molar-refractivity contribution in [3.63, 3.8) is 0 Å². The third-order valence-corrected chi connectivity index (χ3v) is 15.4. The molecule has 0 aromatic heterocycles. The SMILES string of the molecule is ClCCl.ClP(Cl)CP(Cl)Cl.[AlH3].[Cl][Al]([Cl])[CH2][Al]([Cl])[Cl]. The van der Waals surface area contributed by atoms with E-state index in [0.29, 0.717) is 10.0 Å². The van der Waals surface area contributed by atoms with Gasteiger partial charge in [0.1, 0.15) is 0 Å². The van der Waals surface area contributed by atoms with Crippen LogP contribution >= 0.6 is 122 Å². The minimum absolute atomic E-state index is 0. The van der Waals surface area contributed by atoms with Crippen LogP contribution in [0.3, 0.4) is 0 Å². The Labute approximate surface area is 176 Å². The predicted octanol–water partition coefficient (Wildman–Crippen LogP) is 7.22. The largest absolute Gasteiger partial charge is 0.508 e. The van der Waals surface area contributed by atoms with Crippen molar-refractivity contribution in [1.82, 2.24) is 0 Å². The average Bonchev–Trinajstić information content (AvgIpc) is 1.99. The molecule has 0 atom stereocenters. The van der Waals surface area contributed by atoms with Crippen LogP contribution in [0.25, 0.3) is 0 Å². The quantitative estimate of drug-likeness (QED) is 0.200. The van der Waals surface area contributed by atoms with Crippen LogP contribution < -0.4 is 0 Å². The number of rotatable bonds is 4. The van der Waals surface area contributed by atoms with Crippen LogP contribution in [0.5, 0.6) is 0 Å². The fraction of sp³-hybridized carbons (Fsp3) is 1.00. The van der Waals surface area contributed by atoms with Crippen molar-refractivity contribution in [3.8, 4) is 0 Å². The van der Waals surface area contributed by atoms with Gasteiger partial charge in [-0.15, -0.1) is 23.2 Å². The summed E-state index contributed by atoms with van der Waals surface area (Å²) in [6, 6.07) is 0. The fourth-order valence-electron chi connectivity index (χ4n) is 0.215. The zero-order chi connectivity index (χ0) is 14.4. The first-order valence-electron chi connectivity index (χ1n) is 3.53. The molecule has 0 rings (SSSR count). The molecule has 0 spiro atoms. The molecule has 0 N–H and O–H groups in total. The molecule has 0 nitrogen and oxygen atoms in total. The second kappa shape index (κ2) is 24.6. The molecule has 0 saturated heterocycles. The summed E-state index contributed by atoms with van der Waals surface area (Å²) >= 11 is 28.0. The van der Waals surface area contributed by atoms with Gasteiger partial charge in [0, 0.05) is 5.90 Å². The maximum absolute atomic E-state index is 5.44. The van der Waals surface area contributed by atoms with Crippen molar-refractivity contribution in [2.24, 2.45) is 0 Å². The molecule has 0 aliphatic rings. The minimum atomic E-state index is -1.49. The lowest BCUT2D eigenvalue weighted by molar-refractivity contribution is 2.06. The highest BCUT2D eigenvalue weighted by Gasteiger charge is 2.21. The number of halogens is 10. The summed E-state index contributed by atoms with van der Waals surface area (Å²) in [6.45, 7) is -1.86. The molecule has 0 fully saturated rings. The summed E-state index contributed by atoms with van der Waals surface area (Å²) in [5.74, 6) is 0.552. The molecule has 0 radical (unpaired) electrons. The highest BCUT2D eigenvalue weighted by molar-refractivity contribution is 8.16. The summed E-state index contributed by atoms with van der Waals surface area (Å²) in [5, 5.41) is 0.194. The summed E-state index contributed by atoms with van der Waals surface area (Å²) in [4.78, 5) is 0. The van der Waals surface area contributed by atoms with Crippen LogP contribution in [0.2, 0.25) is 4.14 Å². The van der Waals surface area contributed by atoms with E-state index in [1.807, 2.05) is 0 Å². The Hall–Kier alpha value is 5.36. The fourth-order valence-corrected chi connectivity index (χ4v) is 17.5. The van der Waals surface area contributed by atoms with Crippen molar-refractivity contribution in [3.05, 3.63) is 0 Å². The van der Waals surface area contributed by atoms with E-state index in [1.165, 1.54) is 0 Å². The van der Waals surface area contributed by atoms with Gasteiger partial charge in [0.05, 0.1) is 18.6 Å². The van der Waals surface area contributed by atoms with Crippen molar-refractivity contribution >= 4 is 164 Å². The van der Waals surface area contributed by atoms with Gasteiger partial charge in [0.15, 0.2) is 17.4 Å². The first kappa shape index (κ1) is 31.2. The highest BCUT2D eigenvalue weighted by Crippen LogP contribution is 2.62. The van der Waals surface area contributed by atoms with Gasteiger partial charge in [0.2, 0.25) is 0 Å². The van der Waals surface area contributed by atoms with Gasteiger partial charge in [0.25, 0.3) is 0 Å². The van der Waals surface area contributed by atoms with Gasteiger partial charge >= 0.3 is 24.6 Å². The van der Waals surface area contributed by atoms with Crippen LogP contribution in [0.4, 0.5) is 0 Å². The van der Waals surface area contributed by atoms with Gasteiger partial charge in [-0.1, -0.05) is 49.1 Å². The van der Waals surface area contributed by atoms with Gasteiger partial charge in [-0.2, -0.15) is 0 Å². The molecule has 110 valence electrons. The Morgan fingerprint density at radius 3 is 0.944 bits per heavy atom. The summed E-state index contributed by atoms with van der Waals surface area (Å²) in [5.41, 5.74) is 0. The van der Waals surface area contributed by atoms with E-state index in [1.54, 1.807) is 0 Å². The van der Waals surface area contributed by atoms with Gasteiger partial charge in [-0.05, 0) is 0 Å². The number of hydrogen-bond donors (Lipinski definition) is 0. The molecule has 0 aliphatic carbocycles. The first-order chi connectivity index (χ1) is 7.67. The zero-order valence-corrected chi connectivity index (χ0v) is 19.6. The molecule has 18 heavy (non-hydrogen) atoms. The van der Waals surface area contributed by atoms with Gasteiger partial charge in [-0.25, -0.2) is 40.2 Å². The zero-order valence-electron chi connectivity index (χ0n) is 7.95. The van der Waals surface area contributed by atoms with E-state index < -0.39 is 37.9 Å². The van der Waals surface area contributed by atoms with Gasteiger partial charge < -0.3 is 0 Å². The van der Waals surface area contributed by atoms with E-state index in [0.717, 1.165) is 0 Å². The summed E-state index contributed by atoms with van der Waals surface area (Å²) < 4.78 is 0.701. The Bertz CT molecular complexity index is 114. The van der Waals surface area contributed by atoms with E-state index in [4.69, 9.17) is 108 Å². The van der Waals surface area contributed by atoms with Crippen molar-refractivity contribution < 1.29 is 0 Å². The number of alkyl halides is 2. The summed E-state index contributed by atoms with van der Waals surface area (Å²) in [6.07, 6.45) is 0. The second-order valence-electron chi connectivity index (χ2n) is 1.87. The maximum atomic E-state index is 5.44. The third-order valence-electron chi connectivity index (χ3n) is 0.570. The minimum Gasteiger partial charge on any atom is -0.235 e. The number of hydrogen-bond acceptors (Lipinski definition) is 0. The smallest absolute Gasteiger partial charge is 0.235 e. The molecule has 15 heteroatoms. The lowest BCUT2D eigenvalue weighted by Crippen LogP contribution is -2.02. The topological polar surface area (TPSA) is 0 Å². The molecular weight excluding hydrogens is 533 g/mol. The van der Waals surface area contributed by atoms with E-state index in [2.05, 4.69) is 0 Å². The molecular formula is C3H9Al3Cl10P2. The van der Waals surface area contributed by atoms with Crippen molar-refractivity contribution in [2.75, 3.05) is 11.2 Å². The molecule has 0 unspecified atom stereocenters. The molecule has 0 amide bonds. The standard InChI is InChI=1S/CH2Cl4P2.CH2Cl2.CH2.3Al.4ClH.3H/c2-6(3)1-7(4)5;2-1-3;;;;;;;;;;;/h1H2;1H2;1H2;;;;4*1H;;;/q;;;;2*+2;;;;;;;/p-4. The van der Waals surface area contributed by atoms with E-state index in [-0.39, 0.29) is 22.7 Å². The monoisotopic (exact) mass is 538 g/mol. The van der Waals surface area contributed by atoms with Crippen LogP contribution in [0.1, 0.15) is 0 Å². The lowest BCUT2D eigenvalue weighted by atomic mass is 11.9. The van der Waals surface area contributed by atoms with Crippen molar-refractivity contribution in [1.29, 1.82) is 0 Å². The Morgan fingerprint density at radius 2 is 0.944 bits per heavy atom. The Morgan fingerprint density at radius 1 is 0.722 bits per heavy atom. The summed E-state index contributed by atoms with van der Waals surface area (Å²) in [7, 11) is 21.8. The van der Waals surface area contributed by atoms with E-state index in [9.17, 15) is 0 Å². The molecule has 0 saturated carbocycles. The maximum Gasteiger partial charge on any atom is 0.508 e. The Kier molecular flexibility index (Phi) is 42.6. The van der Waals surface area contributed by atoms with Crippen LogP contribution in [0, 0.1) is 0 Å². The normalized spacial score (nSPS) is 8.67. The first-order valence-corrected chi connectivity index (χ1v) is 19.9. The molecule has 0 aromatic carbocycles. The van der Waals surface area contributed by atoms with Crippen LogP contribution in [-0.2, 0) is 0 Å². The second-order valence-corrected chi connectivity index (χ2v) is 22.1. The highest BCUT2D eigenvalue weighted by atomic mass is 35.9. The Balaban J connectivity index is -0.0000000857. The molecule has 0 heterocycles. The molecule has 0 aliphatic heterocycles. The molecule has 0 bridgehead atoms. The van der Waals surface area contributed by atoms with Crippen LogP contribution in [-0.4, -0.2) is 53.2 Å². The van der Waals surface area contributed by atoms with Crippen molar-refractivity contribution in [2.45, 2.75) is 4.14 Å². The van der Waals surface area contributed by atoms with E-state index >= 15 is 0 Å². The van der Waals surface area contributed by atoms with Gasteiger partial charge in [-0.3, -0.25) is 0 Å². The molecule has 0 aromatic rings. The predicted molar refractivity (Wildman–Crippen MR) is 108 cm³/mol. The third kappa shape index (κ3) is 49.6. The van der Waals surface area contributed by atoms with Crippen LogP contribution in [0.15, 0.2) is 0 Å².